The lowest BCUT2D eigenvalue weighted by molar-refractivity contribution is -0.0525. The molecule has 6 heteroatoms. The Kier molecular flexibility index (Phi) is 5.36. The molecule has 4 nitrogen and oxygen atoms in total. The van der Waals surface area contributed by atoms with E-state index in [4.69, 9.17) is 12.8 Å². The van der Waals surface area contributed by atoms with Crippen LogP contribution in [-0.2, 0) is 18.3 Å². The molecule has 0 heterocycles. The number of hydrogen-bond acceptors (Lipinski definition) is 4. The highest BCUT2D eigenvalue weighted by molar-refractivity contribution is 7.48. The van der Waals surface area contributed by atoms with Crippen LogP contribution in [0.2, 0.25) is 0 Å². The molecule has 0 aliphatic heterocycles. The predicted octanol–water partition coefficient (Wildman–Crippen LogP) is 1.30. The van der Waals surface area contributed by atoms with Gasteiger partial charge in [0.05, 0.1) is 0 Å². The van der Waals surface area contributed by atoms with Crippen molar-refractivity contribution in [3.63, 3.8) is 0 Å². The fourth-order valence-electron chi connectivity index (χ4n) is 0.310. The summed E-state index contributed by atoms with van der Waals surface area (Å²) in [6, 6.07) is 0. The fourth-order valence-corrected chi connectivity index (χ4v) is 0.929. The van der Waals surface area contributed by atoms with Gasteiger partial charge < -0.3 is 0 Å². The van der Waals surface area contributed by atoms with Crippen LogP contribution in [0.1, 0.15) is 0 Å². The van der Waals surface area contributed by atoms with E-state index in [1.807, 2.05) is 11.8 Å². The maximum Gasteiger partial charge on any atom is 0.507 e. The van der Waals surface area contributed by atoms with Crippen LogP contribution in [0.15, 0.2) is 0 Å². The number of phosphoric ester groups is 1. The Bertz CT molecular complexity index is 229. The smallest absolute Gasteiger partial charge is 0.272 e. The molecule has 0 aromatic heterocycles. The van der Waals surface area contributed by atoms with Crippen LogP contribution < -0.4 is 0 Å². The topological polar surface area (TPSA) is 44.8 Å². The van der Waals surface area contributed by atoms with E-state index in [1.54, 1.807) is 0 Å². The number of rotatable bonds is 5. The van der Waals surface area contributed by atoms with Gasteiger partial charge in [-0.25, -0.2) is 4.57 Å². The normalized spacial score (nSPS) is 10.2. The number of terminal acetylenes is 2. The van der Waals surface area contributed by atoms with Crippen molar-refractivity contribution >= 4 is 7.82 Å². The Morgan fingerprint density at radius 1 is 1.25 bits per heavy atom. The van der Waals surface area contributed by atoms with Crippen molar-refractivity contribution in [2.75, 3.05) is 13.2 Å². The summed E-state index contributed by atoms with van der Waals surface area (Å²) < 4.78 is 33.8. The molecule has 0 amide bonds. The first-order chi connectivity index (χ1) is 5.68. The molecule has 0 aromatic carbocycles. The van der Waals surface area contributed by atoms with Crippen LogP contribution in [0.3, 0.4) is 0 Å². The van der Waals surface area contributed by atoms with E-state index in [0.29, 0.717) is 0 Å². The summed E-state index contributed by atoms with van der Waals surface area (Å²) in [6.45, 7) is -0.766. The monoisotopic (exact) mass is 192 g/mol. The molecule has 0 atom stereocenters. The Labute approximate surface area is 69.5 Å². The molecule has 0 fully saturated rings. The van der Waals surface area contributed by atoms with E-state index in [1.165, 1.54) is 0 Å². The van der Waals surface area contributed by atoms with Gasteiger partial charge in [0.25, 0.3) is 0 Å². The maximum absolute atomic E-state index is 11.5. The van der Waals surface area contributed by atoms with Gasteiger partial charge in [-0.15, -0.1) is 12.8 Å². The zero-order valence-corrected chi connectivity index (χ0v) is 6.92. The molecule has 0 bridgehead atoms. The van der Waals surface area contributed by atoms with Crippen molar-refractivity contribution in [2.45, 2.75) is 0 Å². The maximum atomic E-state index is 11.5. The first kappa shape index (κ1) is 11.2. The van der Waals surface area contributed by atoms with Crippen LogP contribution in [0.4, 0.5) is 4.53 Å². The number of halogens is 1. The van der Waals surface area contributed by atoms with Crippen molar-refractivity contribution < 1.29 is 22.9 Å². The van der Waals surface area contributed by atoms with Gasteiger partial charge in [0.15, 0.2) is 0 Å². The minimum Gasteiger partial charge on any atom is -0.272 e. The van der Waals surface area contributed by atoms with Crippen LogP contribution in [0.5, 0.6) is 0 Å². The lowest BCUT2D eigenvalue weighted by atomic mass is 10.8. The Morgan fingerprint density at radius 2 is 1.67 bits per heavy atom. The van der Waals surface area contributed by atoms with E-state index in [-0.39, 0.29) is 13.2 Å². The first-order valence-corrected chi connectivity index (χ1v) is 4.21. The summed E-state index contributed by atoms with van der Waals surface area (Å²) >= 11 is 0. The van der Waals surface area contributed by atoms with Crippen molar-refractivity contribution in [1.29, 1.82) is 0 Å². The Hall–Kier alpha value is -0.840. The molecular weight excluding hydrogens is 186 g/mol. The van der Waals surface area contributed by atoms with E-state index in [2.05, 4.69) is 13.8 Å². The molecule has 0 aromatic rings. The summed E-state index contributed by atoms with van der Waals surface area (Å²) in [6.07, 6.45) is 9.50. The second kappa shape index (κ2) is 5.77. The lowest BCUT2D eigenvalue weighted by Crippen LogP contribution is -1.96. The molecule has 0 aliphatic rings. The molecule has 0 spiro atoms. The molecule has 0 aliphatic carbocycles. The SMILES string of the molecule is C#CCOP(=O)(OF)OCC#C. The third-order valence-electron chi connectivity index (χ3n) is 0.697. The molecule has 0 N–H and O–H groups in total. The van der Waals surface area contributed by atoms with E-state index in [9.17, 15) is 9.09 Å². The molecule has 66 valence electrons. The molecular formula is C6H6FO4P. The summed E-state index contributed by atoms with van der Waals surface area (Å²) in [5.74, 6) is 3.92. The van der Waals surface area contributed by atoms with Crippen LogP contribution >= 0.6 is 7.82 Å². The van der Waals surface area contributed by atoms with Crippen LogP contribution in [0.25, 0.3) is 0 Å². The van der Waals surface area contributed by atoms with Crippen molar-refractivity contribution in [3.05, 3.63) is 0 Å². The number of phosphoric acid groups is 1. The first-order valence-electron chi connectivity index (χ1n) is 2.75. The van der Waals surface area contributed by atoms with Gasteiger partial charge >= 0.3 is 7.82 Å². The Morgan fingerprint density at radius 3 is 1.92 bits per heavy atom. The van der Waals surface area contributed by atoms with Crippen LogP contribution in [-0.4, -0.2) is 13.2 Å². The second-order valence-corrected chi connectivity index (χ2v) is 3.02. The molecule has 0 radical (unpaired) electrons. The third kappa shape index (κ3) is 4.12. The van der Waals surface area contributed by atoms with Gasteiger partial charge in [0.1, 0.15) is 13.2 Å². The zero-order chi connectivity index (χ0) is 9.45. The van der Waals surface area contributed by atoms with E-state index in [0.717, 1.165) is 0 Å². The fraction of sp³-hybridized carbons (Fsp3) is 0.333. The van der Waals surface area contributed by atoms with Gasteiger partial charge in [0, 0.05) is 0 Å². The van der Waals surface area contributed by atoms with E-state index >= 15 is 0 Å². The van der Waals surface area contributed by atoms with Crippen molar-refractivity contribution in [2.24, 2.45) is 0 Å². The lowest BCUT2D eigenvalue weighted by Gasteiger charge is -2.08. The highest BCUT2D eigenvalue weighted by atomic mass is 31.2. The summed E-state index contributed by atoms with van der Waals surface area (Å²) in [7, 11) is -4.18. The largest absolute Gasteiger partial charge is 0.507 e. The van der Waals surface area contributed by atoms with Crippen molar-refractivity contribution in [1.82, 2.24) is 0 Å². The highest BCUT2D eigenvalue weighted by Gasteiger charge is 2.27. The van der Waals surface area contributed by atoms with Crippen LogP contribution in [0, 0.1) is 24.7 Å². The van der Waals surface area contributed by atoms with Crippen molar-refractivity contribution in [3.8, 4) is 24.7 Å². The predicted molar refractivity (Wildman–Crippen MR) is 39.4 cm³/mol. The van der Waals surface area contributed by atoms with Gasteiger partial charge in [-0.2, -0.15) is 0 Å². The zero-order valence-electron chi connectivity index (χ0n) is 6.03. The van der Waals surface area contributed by atoms with Gasteiger partial charge in [0.2, 0.25) is 0 Å². The van der Waals surface area contributed by atoms with Gasteiger partial charge in [-0.1, -0.05) is 16.6 Å². The molecule has 0 saturated carbocycles. The van der Waals surface area contributed by atoms with Gasteiger partial charge in [-0.3, -0.25) is 9.05 Å². The molecule has 0 unspecified atom stereocenters. The quantitative estimate of drug-likeness (QED) is 0.486. The highest BCUT2D eigenvalue weighted by Crippen LogP contribution is 2.49. The summed E-state index contributed by atoms with van der Waals surface area (Å²) in [4.78, 5) is 0. The number of hydrogen-bond donors (Lipinski definition) is 0. The Balaban J connectivity index is 4.00. The summed E-state index contributed by atoms with van der Waals surface area (Å²) in [5, 5.41) is 0. The molecule has 0 rings (SSSR count). The second-order valence-electron chi connectivity index (χ2n) is 1.47. The summed E-state index contributed by atoms with van der Waals surface area (Å²) in [5.41, 5.74) is 0. The van der Waals surface area contributed by atoms with Gasteiger partial charge in [-0.05, 0) is 4.53 Å². The minimum atomic E-state index is -4.18. The third-order valence-corrected chi connectivity index (χ3v) is 1.76. The molecule has 12 heavy (non-hydrogen) atoms. The minimum absolute atomic E-state index is 0.383. The average Bonchev–Trinajstić information content (AvgIpc) is 2.11. The van der Waals surface area contributed by atoms with E-state index < -0.39 is 7.82 Å². The molecule has 0 saturated heterocycles. The standard InChI is InChI=1S/C6H6FO4P/c1-3-5-9-12(8,11-7)10-6-4-2/h1-2H,5-6H2. The average molecular weight is 192 g/mol.